The Hall–Kier alpha value is -1.10. The van der Waals surface area contributed by atoms with Crippen molar-refractivity contribution in [1.82, 2.24) is 10.3 Å². The molecule has 2 heterocycles. The number of ether oxygens (including phenoxy) is 1. The van der Waals surface area contributed by atoms with Gasteiger partial charge in [0.05, 0.1) is 12.1 Å². The van der Waals surface area contributed by atoms with Crippen LogP contribution in [0.15, 0.2) is 22.6 Å². The average molecular weight is 253 g/mol. The molecule has 17 heavy (non-hydrogen) atoms. The third-order valence-electron chi connectivity index (χ3n) is 3.09. The summed E-state index contributed by atoms with van der Waals surface area (Å²) in [6.45, 7) is 0.834. The van der Waals surface area contributed by atoms with E-state index >= 15 is 0 Å². The Morgan fingerprint density at radius 2 is 2.41 bits per heavy atom. The number of hydrogen-bond acceptors (Lipinski definition) is 4. The molecular weight excluding hydrogens is 240 g/mol. The van der Waals surface area contributed by atoms with E-state index in [4.69, 9.17) is 20.8 Å². The summed E-state index contributed by atoms with van der Waals surface area (Å²) in [5.41, 5.74) is 1.57. The van der Waals surface area contributed by atoms with E-state index < -0.39 is 0 Å². The highest BCUT2D eigenvalue weighted by Crippen LogP contribution is 2.28. The summed E-state index contributed by atoms with van der Waals surface area (Å²) in [5.74, 6) is 0.710. The molecular formula is C12H13ClN2O2. The average Bonchev–Trinajstić information content (AvgIpc) is 2.93. The molecule has 3 rings (SSSR count). The quantitative estimate of drug-likeness (QED) is 0.892. The van der Waals surface area contributed by atoms with E-state index in [2.05, 4.69) is 10.3 Å². The minimum atomic E-state index is 0.131. The number of methoxy groups -OCH3 is 1. The third-order valence-corrected chi connectivity index (χ3v) is 3.32. The fourth-order valence-electron chi connectivity index (χ4n) is 2.14. The van der Waals surface area contributed by atoms with Crippen molar-refractivity contribution >= 4 is 22.7 Å². The first kappa shape index (κ1) is 11.0. The first-order valence-electron chi connectivity index (χ1n) is 5.58. The Kier molecular flexibility index (Phi) is 2.78. The molecule has 1 fully saturated rings. The van der Waals surface area contributed by atoms with Gasteiger partial charge >= 0.3 is 0 Å². The third kappa shape index (κ3) is 2.04. The number of nitrogens with one attached hydrogen (secondary N) is 1. The van der Waals surface area contributed by atoms with Crippen molar-refractivity contribution < 1.29 is 9.15 Å². The SMILES string of the molecule is COC1CNC(c2nc3cc(Cl)ccc3o2)C1. The zero-order chi connectivity index (χ0) is 11.8. The number of oxazole rings is 1. The summed E-state index contributed by atoms with van der Waals surface area (Å²) in [6, 6.07) is 5.59. The fraction of sp³-hybridized carbons (Fsp3) is 0.417. The zero-order valence-electron chi connectivity index (χ0n) is 9.44. The fourth-order valence-corrected chi connectivity index (χ4v) is 2.30. The standard InChI is InChI=1S/C12H13ClN2O2/c1-16-8-5-10(14-6-8)12-15-9-4-7(13)2-3-11(9)17-12/h2-4,8,10,14H,5-6H2,1H3. The van der Waals surface area contributed by atoms with Crippen molar-refractivity contribution in [3.63, 3.8) is 0 Å². The van der Waals surface area contributed by atoms with E-state index in [0.717, 1.165) is 24.1 Å². The Labute approximate surface area is 104 Å². The number of rotatable bonds is 2. The van der Waals surface area contributed by atoms with Crippen LogP contribution in [0.3, 0.4) is 0 Å². The van der Waals surface area contributed by atoms with Gasteiger partial charge in [-0.1, -0.05) is 11.6 Å². The van der Waals surface area contributed by atoms with E-state index in [1.807, 2.05) is 12.1 Å². The highest BCUT2D eigenvalue weighted by Gasteiger charge is 2.28. The van der Waals surface area contributed by atoms with Crippen LogP contribution in [0.4, 0.5) is 0 Å². The topological polar surface area (TPSA) is 47.3 Å². The highest BCUT2D eigenvalue weighted by atomic mass is 35.5. The molecule has 2 atom stereocenters. The van der Waals surface area contributed by atoms with Crippen LogP contribution in [-0.2, 0) is 4.74 Å². The van der Waals surface area contributed by atoms with Crippen molar-refractivity contribution in [2.75, 3.05) is 13.7 Å². The van der Waals surface area contributed by atoms with Crippen LogP contribution < -0.4 is 5.32 Å². The van der Waals surface area contributed by atoms with Gasteiger partial charge in [0.2, 0.25) is 5.89 Å². The lowest BCUT2D eigenvalue weighted by molar-refractivity contribution is 0.116. The number of halogens is 1. The summed E-state index contributed by atoms with van der Waals surface area (Å²) < 4.78 is 11.0. The molecule has 1 aliphatic rings. The second-order valence-electron chi connectivity index (χ2n) is 4.22. The maximum absolute atomic E-state index is 5.92. The number of aromatic nitrogens is 1. The largest absolute Gasteiger partial charge is 0.439 e. The van der Waals surface area contributed by atoms with Gasteiger partial charge in [-0.15, -0.1) is 0 Å². The maximum atomic E-state index is 5.92. The Morgan fingerprint density at radius 1 is 1.53 bits per heavy atom. The zero-order valence-corrected chi connectivity index (χ0v) is 10.2. The summed E-state index contributed by atoms with van der Waals surface area (Å²) in [6.07, 6.45) is 1.12. The number of hydrogen-bond donors (Lipinski definition) is 1. The van der Waals surface area contributed by atoms with Crippen LogP contribution in [0.1, 0.15) is 18.4 Å². The van der Waals surface area contributed by atoms with Crippen molar-refractivity contribution in [2.45, 2.75) is 18.6 Å². The van der Waals surface area contributed by atoms with E-state index in [1.165, 1.54) is 0 Å². The molecule has 1 saturated heterocycles. The van der Waals surface area contributed by atoms with Gasteiger partial charge in [-0.3, -0.25) is 0 Å². The lowest BCUT2D eigenvalue weighted by Crippen LogP contribution is -2.16. The van der Waals surface area contributed by atoms with E-state index in [9.17, 15) is 0 Å². The molecule has 1 N–H and O–H groups in total. The van der Waals surface area contributed by atoms with Crippen LogP contribution in [0, 0.1) is 0 Å². The molecule has 4 nitrogen and oxygen atoms in total. The van der Waals surface area contributed by atoms with Crippen molar-refractivity contribution in [2.24, 2.45) is 0 Å². The van der Waals surface area contributed by atoms with E-state index in [0.29, 0.717) is 10.9 Å². The monoisotopic (exact) mass is 252 g/mol. The van der Waals surface area contributed by atoms with Gasteiger partial charge in [-0.05, 0) is 24.6 Å². The predicted octanol–water partition coefficient (Wildman–Crippen LogP) is 2.53. The Balaban J connectivity index is 1.91. The molecule has 1 aliphatic heterocycles. The van der Waals surface area contributed by atoms with Crippen molar-refractivity contribution in [3.05, 3.63) is 29.1 Å². The second-order valence-corrected chi connectivity index (χ2v) is 4.65. The summed E-state index contributed by atoms with van der Waals surface area (Å²) >= 11 is 5.92. The molecule has 0 radical (unpaired) electrons. The molecule has 2 unspecified atom stereocenters. The van der Waals surface area contributed by atoms with Crippen LogP contribution in [0.5, 0.6) is 0 Å². The summed E-state index contributed by atoms with van der Waals surface area (Å²) in [7, 11) is 1.72. The lowest BCUT2D eigenvalue weighted by Gasteiger charge is -2.04. The summed E-state index contributed by atoms with van der Waals surface area (Å²) in [4.78, 5) is 4.46. The minimum absolute atomic E-state index is 0.131. The van der Waals surface area contributed by atoms with Crippen LogP contribution >= 0.6 is 11.6 Å². The normalized spacial score (nSPS) is 24.6. The van der Waals surface area contributed by atoms with Gasteiger partial charge in [-0.25, -0.2) is 4.98 Å². The van der Waals surface area contributed by atoms with Gasteiger partial charge in [0.25, 0.3) is 0 Å². The molecule has 1 aromatic carbocycles. The number of benzene rings is 1. The van der Waals surface area contributed by atoms with E-state index in [-0.39, 0.29) is 12.1 Å². The molecule has 1 aromatic heterocycles. The Bertz CT molecular complexity index is 540. The minimum Gasteiger partial charge on any atom is -0.439 e. The Morgan fingerprint density at radius 3 is 3.18 bits per heavy atom. The smallest absolute Gasteiger partial charge is 0.212 e. The molecule has 0 aliphatic carbocycles. The first-order chi connectivity index (χ1) is 8.26. The predicted molar refractivity (Wildman–Crippen MR) is 65.2 cm³/mol. The van der Waals surface area contributed by atoms with Gasteiger partial charge in [-0.2, -0.15) is 0 Å². The molecule has 2 aromatic rings. The van der Waals surface area contributed by atoms with E-state index in [1.54, 1.807) is 13.2 Å². The molecule has 0 spiro atoms. The van der Waals surface area contributed by atoms with Gasteiger partial charge in [0.15, 0.2) is 5.58 Å². The van der Waals surface area contributed by atoms with Crippen LogP contribution in [0.2, 0.25) is 5.02 Å². The van der Waals surface area contributed by atoms with Crippen molar-refractivity contribution in [1.29, 1.82) is 0 Å². The van der Waals surface area contributed by atoms with Gasteiger partial charge in [0, 0.05) is 18.7 Å². The lowest BCUT2D eigenvalue weighted by atomic mass is 10.2. The van der Waals surface area contributed by atoms with Crippen LogP contribution in [-0.4, -0.2) is 24.7 Å². The first-order valence-corrected chi connectivity index (χ1v) is 5.96. The molecule has 0 amide bonds. The van der Waals surface area contributed by atoms with Crippen molar-refractivity contribution in [3.8, 4) is 0 Å². The van der Waals surface area contributed by atoms with Gasteiger partial charge < -0.3 is 14.5 Å². The number of nitrogens with zero attached hydrogens (tertiary/aromatic N) is 1. The molecule has 90 valence electrons. The summed E-state index contributed by atoms with van der Waals surface area (Å²) in [5, 5.41) is 4.01. The molecule has 0 bridgehead atoms. The maximum Gasteiger partial charge on any atom is 0.212 e. The van der Waals surface area contributed by atoms with Gasteiger partial charge in [0.1, 0.15) is 5.52 Å². The molecule has 5 heteroatoms. The number of fused-ring (bicyclic) bond motifs is 1. The molecule has 0 saturated carbocycles. The second kappa shape index (κ2) is 4.29. The van der Waals surface area contributed by atoms with Crippen LogP contribution in [0.25, 0.3) is 11.1 Å². The highest BCUT2D eigenvalue weighted by molar-refractivity contribution is 6.31.